The molecule has 110 valence electrons. The van der Waals surface area contributed by atoms with Crippen molar-refractivity contribution in [2.24, 2.45) is 5.92 Å². The Morgan fingerprint density at radius 2 is 2.10 bits per heavy atom. The molecular formula is C12H13BrFNO4S. The highest BCUT2D eigenvalue weighted by Gasteiger charge is 2.26. The van der Waals surface area contributed by atoms with Gasteiger partial charge in [-0.1, -0.05) is 22.4 Å². The van der Waals surface area contributed by atoms with E-state index < -0.39 is 32.3 Å². The molecular weight excluding hydrogens is 353 g/mol. The number of hydrogen-bond acceptors (Lipinski definition) is 3. The molecule has 0 bridgehead atoms. The van der Waals surface area contributed by atoms with Crippen LogP contribution in [0.4, 0.5) is 4.39 Å². The lowest BCUT2D eigenvalue weighted by atomic mass is 9.86. The van der Waals surface area contributed by atoms with Crippen molar-refractivity contribution < 1.29 is 22.7 Å². The quantitative estimate of drug-likeness (QED) is 0.838. The number of carboxylic acids is 1. The molecule has 1 fully saturated rings. The van der Waals surface area contributed by atoms with Crippen molar-refractivity contribution in [1.29, 1.82) is 0 Å². The minimum absolute atomic E-state index is 0.195. The second-order valence-electron chi connectivity index (χ2n) is 4.72. The van der Waals surface area contributed by atoms with Crippen LogP contribution < -0.4 is 4.72 Å². The van der Waals surface area contributed by atoms with E-state index in [2.05, 4.69) is 20.7 Å². The van der Waals surface area contributed by atoms with Crippen LogP contribution in [0.2, 0.25) is 0 Å². The maximum atomic E-state index is 14.0. The van der Waals surface area contributed by atoms with Gasteiger partial charge in [-0.05, 0) is 30.9 Å². The van der Waals surface area contributed by atoms with Gasteiger partial charge in [0.05, 0.1) is 5.56 Å². The van der Waals surface area contributed by atoms with Crippen LogP contribution in [0.3, 0.4) is 0 Å². The zero-order valence-corrected chi connectivity index (χ0v) is 12.8. The predicted molar refractivity (Wildman–Crippen MR) is 73.6 cm³/mol. The number of benzene rings is 1. The van der Waals surface area contributed by atoms with Crippen LogP contribution in [0, 0.1) is 11.7 Å². The van der Waals surface area contributed by atoms with Gasteiger partial charge in [0, 0.05) is 11.0 Å². The van der Waals surface area contributed by atoms with Crippen LogP contribution in [0.5, 0.6) is 0 Å². The van der Waals surface area contributed by atoms with Crippen molar-refractivity contribution >= 4 is 31.9 Å². The average molecular weight is 366 g/mol. The summed E-state index contributed by atoms with van der Waals surface area (Å²) in [6, 6.07) is 2.09. The molecule has 2 rings (SSSR count). The SMILES string of the molecule is O=C(O)c1cc(Br)cc(S(=O)(=O)NCC2CCC2)c1F. The molecule has 0 saturated heterocycles. The summed E-state index contributed by atoms with van der Waals surface area (Å²) in [7, 11) is -4.06. The van der Waals surface area contributed by atoms with Crippen molar-refractivity contribution in [3.63, 3.8) is 0 Å². The Morgan fingerprint density at radius 1 is 1.45 bits per heavy atom. The van der Waals surface area contributed by atoms with E-state index in [1.807, 2.05) is 0 Å². The van der Waals surface area contributed by atoms with E-state index in [1.165, 1.54) is 0 Å². The Balaban J connectivity index is 2.32. The van der Waals surface area contributed by atoms with Gasteiger partial charge in [0.1, 0.15) is 4.90 Å². The van der Waals surface area contributed by atoms with Crippen LogP contribution in [0.1, 0.15) is 29.6 Å². The first kappa shape index (κ1) is 15.4. The smallest absolute Gasteiger partial charge is 0.338 e. The van der Waals surface area contributed by atoms with Crippen LogP contribution >= 0.6 is 15.9 Å². The molecule has 0 aromatic heterocycles. The number of hydrogen-bond donors (Lipinski definition) is 2. The van der Waals surface area contributed by atoms with Crippen molar-refractivity contribution in [3.8, 4) is 0 Å². The number of rotatable bonds is 5. The number of nitrogens with one attached hydrogen (secondary N) is 1. The highest BCUT2D eigenvalue weighted by Crippen LogP contribution is 2.27. The Bertz CT molecular complexity index is 643. The highest BCUT2D eigenvalue weighted by molar-refractivity contribution is 9.10. The summed E-state index contributed by atoms with van der Waals surface area (Å²) in [6.45, 7) is 0.247. The van der Waals surface area contributed by atoms with E-state index in [0.29, 0.717) is 0 Å². The molecule has 0 spiro atoms. The summed E-state index contributed by atoms with van der Waals surface area (Å²) in [5.74, 6) is -2.49. The average Bonchev–Trinajstić information content (AvgIpc) is 2.29. The number of sulfonamides is 1. The van der Waals surface area contributed by atoms with E-state index in [0.717, 1.165) is 31.4 Å². The molecule has 5 nitrogen and oxygen atoms in total. The fourth-order valence-electron chi connectivity index (χ4n) is 1.92. The molecule has 1 aromatic rings. The number of carboxylic acid groups (broad SMARTS) is 1. The maximum absolute atomic E-state index is 14.0. The number of halogens is 2. The Hall–Kier alpha value is -0.990. The van der Waals surface area contributed by atoms with Gasteiger partial charge >= 0.3 is 5.97 Å². The summed E-state index contributed by atoms with van der Waals surface area (Å²) in [5.41, 5.74) is -0.677. The van der Waals surface area contributed by atoms with Gasteiger partial charge < -0.3 is 5.11 Å². The van der Waals surface area contributed by atoms with Crippen LogP contribution in [0.15, 0.2) is 21.5 Å². The van der Waals surface area contributed by atoms with Crippen LogP contribution in [0.25, 0.3) is 0 Å². The van der Waals surface area contributed by atoms with Crippen molar-refractivity contribution in [1.82, 2.24) is 4.72 Å². The third-order valence-corrected chi connectivity index (χ3v) is 5.19. The normalized spacial score (nSPS) is 15.9. The van der Waals surface area contributed by atoms with Crippen LogP contribution in [-0.2, 0) is 10.0 Å². The molecule has 2 N–H and O–H groups in total. The van der Waals surface area contributed by atoms with Gasteiger partial charge in [0.2, 0.25) is 10.0 Å². The van der Waals surface area contributed by atoms with Gasteiger partial charge in [-0.25, -0.2) is 22.3 Å². The third-order valence-electron chi connectivity index (χ3n) is 3.31. The molecule has 1 aliphatic carbocycles. The minimum Gasteiger partial charge on any atom is -0.478 e. The van der Waals surface area contributed by atoms with Gasteiger partial charge in [0.15, 0.2) is 5.82 Å². The van der Waals surface area contributed by atoms with E-state index in [-0.39, 0.29) is 16.9 Å². The molecule has 1 aliphatic rings. The van der Waals surface area contributed by atoms with Crippen molar-refractivity contribution in [2.75, 3.05) is 6.54 Å². The fraction of sp³-hybridized carbons (Fsp3) is 0.417. The molecule has 0 amide bonds. The van der Waals surface area contributed by atoms with Crippen molar-refractivity contribution in [2.45, 2.75) is 24.2 Å². The summed E-state index contributed by atoms with van der Waals surface area (Å²) >= 11 is 2.99. The number of carbonyl (C=O) groups is 1. The van der Waals surface area contributed by atoms with Crippen LogP contribution in [-0.4, -0.2) is 26.0 Å². The molecule has 1 aromatic carbocycles. The topological polar surface area (TPSA) is 83.5 Å². The zero-order valence-electron chi connectivity index (χ0n) is 10.4. The lowest BCUT2D eigenvalue weighted by Gasteiger charge is -2.25. The highest BCUT2D eigenvalue weighted by atomic mass is 79.9. The Labute approximate surface area is 124 Å². The van der Waals surface area contributed by atoms with Gasteiger partial charge in [-0.2, -0.15) is 0 Å². The predicted octanol–water partition coefficient (Wildman–Crippen LogP) is 2.36. The summed E-state index contributed by atoms with van der Waals surface area (Å²) in [5, 5.41) is 8.87. The molecule has 20 heavy (non-hydrogen) atoms. The first-order valence-corrected chi connectivity index (χ1v) is 8.31. The molecule has 0 heterocycles. The van der Waals surface area contributed by atoms with E-state index >= 15 is 0 Å². The molecule has 0 radical (unpaired) electrons. The van der Waals surface area contributed by atoms with Crippen molar-refractivity contribution in [3.05, 3.63) is 28.0 Å². The Kier molecular flexibility index (Phi) is 4.46. The van der Waals surface area contributed by atoms with Gasteiger partial charge in [-0.3, -0.25) is 0 Å². The van der Waals surface area contributed by atoms with Gasteiger partial charge in [-0.15, -0.1) is 0 Å². The summed E-state index contributed by atoms with van der Waals surface area (Å²) in [6.07, 6.45) is 2.97. The maximum Gasteiger partial charge on any atom is 0.338 e. The number of aromatic carboxylic acids is 1. The Morgan fingerprint density at radius 3 is 2.60 bits per heavy atom. The first-order valence-electron chi connectivity index (χ1n) is 6.03. The second kappa shape index (κ2) is 5.79. The lowest BCUT2D eigenvalue weighted by molar-refractivity contribution is 0.0691. The molecule has 0 unspecified atom stereocenters. The molecule has 0 atom stereocenters. The third kappa shape index (κ3) is 3.18. The van der Waals surface area contributed by atoms with E-state index in [1.54, 1.807) is 0 Å². The minimum atomic E-state index is -4.06. The van der Waals surface area contributed by atoms with Gasteiger partial charge in [0.25, 0.3) is 0 Å². The second-order valence-corrected chi connectivity index (χ2v) is 7.37. The lowest BCUT2D eigenvalue weighted by Crippen LogP contribution is -2.32. The zero-order chi connectivity index (χ0) is 14.9. The first-order chi connectivity index (χ1) is 9.31. The molecule has 8 heteroatoms. The fourth-order valence-corrected chi connectivity index (χ4v) is 3.77. The largest absolute Gasteiger partial charge is 0.478 e. The van der Waals surface area contributed by atoms with E-state index in [9.17, 15) is 17.6 Å². The molecule has 1 saturated carbocycles. The summed E-state index contributed by atoms with van der Waals surface area (Å²) in [4.78, 5) is 10.2. The molecule has 0 aliphatic heterocycles. The summed E-state index contributed by atoms with van der Waals surface area (Å²) < 4.78 is 40.6. The monoisotopic (exact) mass is 365 g/mol. The standard InChI is InChI=1S/C12H13BrFNO4S/c13-8-4-9(12(16)17)11(14)10(5-8)20(18,19)15-6-7-2-1-3-7/h4-5,7,15H,1-3,6H2,(H,16,17). The van der Waals surface area contributed by atoms with E-state index in [4.69, 9.17) is 5.11 Å².